The van der Waals surface area contributed by atoms with Crippen LogP contribution in [-0.2, 0) is 17.5 Å². The van der Waals surface area contributed by atoms with Crippen LogP contribution in [0.5, 0.6) is 0 Å². The summed E-state index contributed by atoms with van der Waals surface area (Å²) in [5.41, 5.74) is -0.561. The number of rotatable bonds is 3. The van der Waals surface area contributed by atoms with Crippen molar-refractivity contribution in [1.82, 2.24) is 0 Å². The summed E-state index contributed by atoms with van der Waals surface area (Å²) in [4.78, 5) is 1.74. The van der Waals surface area contributed by atoms with E-state index in [-0.39, 0.29) is 12.2 Å². The Balaban J connectivity index is 2.29. The third kappa shape index (κ3) is 3.23. The Hall–Kier alpha value is -1.31. The summed E-state index contributed by atoms with van der Waals surface area (Å²) >= 11 is 0. The molecule has 0 radical (unpaired) electrons. The topological polar surface area (TPSA) is 52.9 Å². The zero-order valence-electron chi connectivity index (χ0n) is 10.7. The van der Waals surface area contributed by atoms with E-state index in [9.17, 15) is 13.2 Å². The number of alkyl halides is 3. The van der Waals surface area contributed by atoms with Crippen molar-refractivity contribution in [3.05, 3.63) is 29.3 Å². The van der Waals surface area contributed by atoms with Crippen molar-refractivity contribution in [1.29, 1.82) is 0 Å². The van der Waals surface area contributed by atoms with E-state index in [2.05, 4.69) is 0 Å². The minimum absolute atomic E-state index is 0.145. The average molecular weight is 291 g/mol. The lowest BCUT2D eigenvalue weighted by Crippen LogP contribution is -2.44. The van der Waals surface area contributed by atoms with Crippen LogP contribution in [0.4, 0.5) is 18.9 Å². The molecule has 2 N–H and O–H groups in total. The molecule has 1 aromatic carbocycles. The highest BCUT2D eigenvalue weighted by Gasteiger charge is 2.34. The molecule has 1 atom stereocenters. The molecule has 112 valence electrons. The summed E-state index contributed by atoms with van der Waals surface area (Å²) in [5.74, 6) is 0. The number of hydrogen-bond donors (Lipinski definition) is 2. The van der Waals surface area contributed by atoms with Gasteiger partial charge in [0.1, 0.15) is 0 Å². The second-order valence-corrected chi connectivity index (χ2v) is 4.62. The first-order valence-corrected chi connectivity index (χ1v) is 6.24. The van der Waals surface area contributed by atoms with Crippen molar-refractivity contribution in [2.24, 2.45) is 0 Å². The summed E-state index contributed by atoms with van der Waals surface area (Å²) in [6, 6.07) is 3.85. The van der Waals surface area contributed by atoms with Crippen LogP contribution in [0.3, 0.4) is 0 Å². The minimum atomic E-state index is -4.50. The number of halogens is 3. The molecule has 1 unspecified atom stereocenters. The standard InChI is InChI=1S/C13H16F3NO3/c14-13(15,16)12-5-10(2-1-9(12)7-18)17-3-4-20-11(6-17)8-19/h1-2,5,11,18-19H,3-4,6-8H2. The van der Waals surface area contributed by atoms with Crippen LogP contribution in [0.1, 0.15) is 11.1 Å². The zero-order valence-corrected chi connectivity index (χ0v) is 10.7. The van der Waals surface area contributed by atoms with E-state index in [4.69, 9.17) is 14.9 Å². The van der Waals surface area contributed by atoms with E-state index in [1.54, 1.807) is 11.0 Å². The molecule has 0 saturated carbocycles. The predicted octanol–water partition coefficient (Wildman–Crippen LogP) is 1.40. The Morgan fingerprint density at radius 3 is 2.65 bits per heavy atom. The van der Waals surface area contributed by atoms with Crippen LogP contribution in [0, 0.1) is 0 Å². The maximum Gasteiger partial charge on any atom is 0.416 e. The Morgan fingerprint density at radius 1 is 1.30 bits per heavy atom. The van der Waals surface area contributed by atoms with Gasteiger partial charge in [0.25, 0.3) is 0 Å². The highest BCUT2D eigenvalue weighted by Crippen LogP contribution is 2.35. The van der Waals surface area contributed by atoms with Crippen molar-refractivity contribution < 1.29 is 28.1 Å². The Bertz CT molecular complexity index is 465. The summed E-state index contributed by atoms with van der Waals surface area (Å²) < 4.78 is 44.1. The summed E-state index contributed by atoms with van der Waals surface area (Å²) in [7, 11) is 0. The molecular weight excluding hydrogens is 275 g/mol. The lowest BCUT2D eigenvalue weighted by molar-refractivity contribution is -0.138. The number of morpholine rings is 1. The quantitative estimate of drug-likeness (QED) is 0.884. The van der Waals surface area contributed by atoms with Gasteiger partial charge in [-0.1, -0.05) is 6.07 Å². The van der Waals surface area contributed by atoms with Crippen molar-refractivity contribution in [3.8, 4) is 0 Å². The summed E-state index contributed by atoms with van der Waals surface area (Å²) in [6.07, 6.45) is -4.90. The molecule has 0 aliphatic carbocycles. The second kappa shape index (κ2) is 5.99. The van der Waals surface area contributed by atoms with Gasteiger partial charge in [0.05, 0.1) is 31.5 Å². The SMILES string of the molecule is OCc1ccc(N2CCOC(CO)C2)cc1C(F)(F)F. The van der Waals surface area contributed by atoms with Crippen LogP contribution in [0.15, 0.2) is 18.2 Å². The lowest BCUT2D eigenvalue weighted by atomic mass is 10.1. The molecule has 1 fully saturated rings. The van der Waals surface area contributed by atoms with Gasteiger partial charge in [-0.05, 0) is 17.7 Å². The highest BCUT2D eigenvalue weighted by atomic mass is 19.4. The fourth-order valence-corrected chi connectivity index (χ4v) is 2.23. The van der Waals surface area contributed by atoms with Gasteiger partial charge in [-0.3, -0.25) is 0 Å². The van der Waals surface area contributed by atoms with E-state index in [0.29, 0.717) is 25.4 Å². The van der Waals surface area contributed by atoms with Crippen LogP contribution in [0.25, 0.3) is 0 Å². The molecule has 1 heterocycles. The lowest BCUT2D eigenvalue weighted by Gasteiger charge is -2.34. The van der Waals surface area contributed by atoms with Crippen LogP contribution < -0.4 is 4.90 Å². The number of hydrogen-bond acceptors (Lipinski definition) is 4. The molecule has 4 nitrogen and oxygen atoms in total. The molecule has 1 aliphatic rings. The van der Waals surface area contributed by atoms with Gasteiger partial charge in [-0.25, -0.2) is 0 Å². The Morgan fingerprint density at radius 2 is 2.05 bits per heavy atom. The molecule has 7 heteroatoms. The number of aliphatic hydroxyl groups is 2. The maximum absolute atomic E-state index is 12.9. The van der Waals surface area contributed by atoms with Gasteiger partial charge < -0.3 is 19.8 Å². The molecule has 1 aromatic rings. The van der Waals surface area contributed by atoms with E-state index in [0.717, 1.165) is 6.07 Å². The number of anilines is 1. The van der Waals surface area contributed by atoms with Gasteiger partial charge in [-0.15, -0.1) is 0 Å². The number of nitrogens with zero attached hydrogens (tertiary/aromatic N) is 1. The Labute approximate surface area is 114 Å². The van der Waals surface area contributed by atoms with E-state index < -0.39 is 24.5 Å². The van der Waals surface area contributed by atoms with Crippen LogP contribution >= 0.6 is 0 Å². The molecular formula is C13H16F3NO3. The number of ether oxygens (including phenoxy) is 1. The van der Waals surface area contributed by atoms with Crippen molar-refractivity contribution in [2.45, 2.75) is 18.9 Å². The normalized spacial score (nSPS) is 20.2. The number of aliphatic hydroxyl groups excluding tert-OH is 2. The molecule has 0 amide bonds. The first-order valence-electron chi connectivity index (χ1n) is 6.24. The molecule has 0 bridgehead atoms. The summed E-state index contributed by atoms with van der Waals surface area (Å²) in [5, 5.41) is 18.1. The fourth-order valence-electron chi connectivity index (χ4n) is 2.23. The van der Waals surface area contributed by atoms with Gasteiger partial charge in [0.15, 0.2) is 0 Å². The number of benzene rings is 1. The van der Waals surface area contributed by atoms with E-state index in [1.807, 2.05) is 0 Å². The van der Waals surface area contributed by atoms with Crippen molar-refractivity contribution in [2.75, 3.05) is 31.2 Å². The fraction of sp³-hybridized carbons (Fsp3) is 0.538. The van der Waals surface area contributed by atoms with Gasteiger partial charge in [0.2, 0.25) is 0 Å². The molecule has 2 rings (SSSR count). The van der Waals surface area contributed by atoms with Crippen LogP contribution in [0.2, 0.25) is 0 Å². The van der Waals surface area contributed by atoms with Crippen molar-refractivity contribution >= 4 is 5.69 Å². The minimum Gasteiger partial charge on any atom is -0.394 e. The molecule has 1 aliphatic heterocycles. The maximum atomic E-state index is 12.9. The average Bonchev–Trinajstić information content (AvgIpc) is 2.45. The molecule has 0 aromatic heterocycles. The zero-order chi connectivity index (χ0) is 14.8. The summed E-state index contributed by atoms with van der Waals surface area (Å²) in [6.45, 7) is 0.335. The van der Waals surface area contributed by atoms with Gasteiger partial charge in [0, 0.05) is 18.8 Å². The van der Waals surface area contributed by atoms with E-state index >= 15 is 0 Å². The second-order valence-electron chi connectivity index (χ2n) is 4.62. The predicted molar refractivity (Wildman–Crippen MR) is 66.4 cm³/mol. The van der Waals surface area contributed by atoms with Crippen LogP contribution in [-0.4, -0.2) is 42.6 Å². The third-order valence-electron chi connectivity index (χ3n) is 3.28. The third-order valence-corrected chi connectivity index (χ3v) is 3.28. The van der Waals surface area contributed by atoms with E-state index in [1.165, 1.54) is 6.07 Å². The first kappa shape index (κ1) is 15.1. The highest BCUT2D eigenvalue weighted by molar-refractivity contribution is 5.52. The Kier molecular flexibility index (Phi) is 4.52. The molecule has 20 heavy (non-hydrogen) atoms. The molecule has 1 saturated heterocycles. The first-order chi connectivity index (χ1) is 9.45. The smallest absolute Gasteiger partial charge is 0.394 e. The largest absolute Gasteiger partial charge is 0.416 e. The van der Waals surface area contributed by atoms with Gasteiger partial charge >= 0.3 is 6.18 Å². The van der Waals surface area contributed by atoms with Gasteiger partial charge in [-0.2, -0.15) is 13.2 Å². The monoisotopic (exact) mass is 291 g/mol. The molecule has 0 spiro atoms. The van der Waals surface area contributed by atoms with Crippen molar-refractivity contribution in [3.63, 3.8) is 0 Å².